The Morgan fingerprint density at radius 1 is 1.18 bits per heavy atom. The van der Waals surface area contributed by atoms with Crippen LogP contribution in [0.2, 0.25) is 0 Å². The van der Waals surface area contributed by atoms with E-state index in [0.29, 0.717) is 16.4 Å². The standard InChI is InChI=1S/C12H13N5O4S/c1-6-13-10(17-12(14-6)21-3)16-11(19)15-7-4-5-22-8(7)9(18)20-2/h4-5H,1-3H3,(H2,13,14,15,16,17,19). The van der Waals surface area contributed by atoms with Crippen LogP contribution in [0.5, 0.6) is 6.01 Å². The number of thiophene rings is 1. The van der Waals surface area contributed by atoms with E-state index in [1.807, 2.05) is 0 Å². The molecule has 2 aromatic heterocycles. The van der Waals surface area contributed by atoms with Crippen molar-refractivity contribution in [2.45, 2.75) is 6.92 Å². The molecule has 0 spiro atoms. The molecular weight excluding hydrogens is 310 g/mol. The van der Waals surface area contributed by atoms with Crippen LogP contribution in [0.15, 0.2) is 11.4 Å². The van der Waals surface area contributed by atoms with Crippen molar-refractivity contribution in [2.24, 2.45) is 0 Å². The van der Waals surface area contributed by atoms with E-state index in [1.165, 1.54) is 14.2 Å². The second-order valence-electron chi connectivity index (χ2n) is 3.93. The molecular formula is C12H13N5O4S. The Labute approximate surface area is 129 Å². The molecule has 10 heteroatoms. The Morgan fingerprint density at radius 3 is 2.64 bits per heavy atom. The number of anilines is 2. The third-order valence-corrected chi connectivity index (χ3v) is 3.31. The molecule has 0 radical (unpaired) electrons. The molecule has 116 valence electrons. The van der Waals surface area contributed by atoms with Crippen LogP contribution >= 0.6 is 11.3 Å². The summed E-state index contributed by atoms with van der Waals surface area (Å²) in [7, 11) is 2.68. The van der Waals surface area contributed by atoms with Gasteiger partial charge in [0, 0.05) is 0 Å². The first-order valence-corrected chi connectivity index (χ1v) is 6.92. The summed E-state index contributed by atoms with van der Waals surface area (Å²) < 4.78 is 9.53. The lowest BCUT2D eigenvalue weighted by Gasteiger charge is -2.07. The van der Waals surface area contributed by atoms with Gasteiger partial charge in [0.2, 0.25) is 5.95 Å². The molecule has 0 fully saturated rings. The molecule has 2 heterocycles. The number of carbonyl (C=O) groups excluding carboxylic acids is 2. The highest BCUT2D eigenvalue weighted by atomic mass is 32.1. The van der Waals surface area contributed by atoms with E-state index in [4.69, 9.17) is 4.74 Å². The molecule has 0 aliphatic rings. The predicted molar refractivity (Wildman–Crippen MR) is 79.4 cm³/mol. The third kappa shape index (κ3) is 3.67. The van der Waals surface area contributed by atoms with Crippen molar-refractivity contribution in [2.75, 3.05) is 24.9 Å². The Hall–Kier alpha value is -2.75. The van der Waals surface area contributed by atoms with Gasteiger partial charge in [-0.2, -0.15) is 15.0 Å². The number of esters is 1. The summed E-state index contributed by atoms with van der Waals surface area (Å²) in [6.07, 6.45) is 0. The van der Waals surface area contributed by atoms with Gasteiger partial charge in [-0.1, -0.05) is 0 Å². The van der Waals surface area contributed by atoms with Gasteiger partial charge in [-0.05, 0) is 18.4 Å². The zero-order valence-corrected chi connectivity index (χ0v) is 12.9. The molecule has 22 heavy (non-hydrogen) atoms. The van der Waals surface area contributed by atoms with E-state index < -0.39 is 12.0 Å². The van der Waals surface area contributed by atoms with E-state index in [9.17, 15) is 9.59 Å². The molecule has 2 N–H and O–H groups in total. The molecule has 0 aliphatic carbocycles. The van der Waals surface area contributed by atoms with Gasteiger partial charge >= 0.3 is 18.0 Å². The van der Waals surface area contributed by atoms with Crippen LogP contribution in [0.25, 0.3) is 0 Å². The van der Waals surface area contributed by atoms with Gasteiger partial charge in [-0.15, -0.1) is 11.3 Å². The highest BCUT2D eigenvalue weighted by Crippen LogP contribution is 2.23. The fraction of sp³-hybridized carbons (Fsp3) is 0.250. The molecule has 0 aromatic carbocycles. The minimum absolute atomic E-state index is 0.0386. The summed E-state index contributed by atoms with van der Waals surface area (Å²) in [6.45, 7) is 1.64. The normalized spacial score (nSPS) is 9.95. The first kappa shape index (κ1) is 15.6. The lowest BCUT2D eigenvalue weighted by molar-refractivity contribution is 0.0607. The van der Waals surface area contributed by atoms with Crippen molar-refractivity contribution in [1.29, 1.82) is 0 Å². The first-order valence-electron chi connectivity index (χ1n) is 6.04. The number of rotatable bonds is 4. The molecule has 0 aliphatic heterocycles. The van der Waals surface area contributed by atoms with Gasteiger partial charge in [-0.3, -0.25) is 5.32 Å². The number of ether oxygens (including phenoxy) is 2. The number of aryl methyl sites for hydroxylation is 1. The molecule has 9 nitrogen and oxygen atoms in total. The smallest absolute Gasteiger partial charge is 0.350 e. The number of amides is 2. The minimum Gasteiger partial charge on any atom is -0.467 e. The van der Waals surface area contributed by atoms with Gasteiger partial charge in [0.15, 0.2) is 0 Å². The van der Waals surface area contributed by atoms with Gasteiger partial charge in [-0.25, -0.2) is 9.59 Å². The molecule has 0 saturated carbocycles. The number of urea groups is 1. The van der Waals surface area contributed by atoms with Crippen LogP contribution in [0.3, 0.4) is 0 Å². The number of hydrogen-bond donors (Lipinski definition) is 2. The van der Waals surface area contributed by atoms with Crippen molar-refractivity contribution in [1.82, 2.24) is 15.0 Å². The summed E-state index contributed by atoms with van der Waals surface area (Å²) in [6, 6.07) is 1.08. The number of aromatic nitrogens is 3. The van der Waals surface area contributed by atoms with Gasteiger partial charge in [0.25, 0.3) is 0 Å². The number of carbonyl (C=O) groups is 2. The second kappa shape index (κ2) is 6.80. The van der Waals surface area contributed by atoms with Gasteiger partial charge in [0.1, 0.15) is 10.7 Å². The fourth-order valence-electron chi connectivity index (χ4n) is 1.52. The molecule has 0 bridgehead atoms. The Kier molecular flexibility index (Phi) is 4.84. The van der Waals surface area contributed by atoms with Crippen molar-refractivity contribution >= 4 is 35.0 Å². The molecule has 2 aromatic rings. The van der Waals surface area contributed by atoms with Crippen LogP contribution in [0, 0.1) is 6.92 Å². The lowest BCUT2D eigenvalue weighted by Crippen LogP contribution is -2.22. The summed E-state index contributed by atoms with van der Waals surface area (Å²) in [5, 5.41) is 6.63. The van der Waals surface area contributed by atoms with Crippen LogP contribution < -0.4 is 15.4 Å². The largest absolute Gasteiger partial charge is 0.467 e. The van der Waals surface area contributed by atoms with E-state index in [1.54, 1.807) is 18.4 Å². The Balaban J connectivity index is 2.09. The molecule has 2 rings (SSSR count). The average Bonchev–Trinajstić information content (AvgIpc) is 2.93. The highest BCUT2D eigenvalue weighted by Gasteiger charge is 2.16. The quantitative estimate of drug-likeness (QED) is 0.822. The predicted octanol–water partition coefficient (Wildman–Crippen LogP) is 1.68. The molecule has 0 saturated heterocycles. The van der Waals surface area contributed by atoms with E-state index in [-0.39, 0.29) is 12.0 Å². The zero-order chi connectivity index (χ0) is 16.1. The van der Waals surface area contributed by atoms with Gasteiger partial charge < -0.3 is 14.8 Å². The number of nitrogens with zero attached hydrogens (tertiary/aromatic N) is 3. The third-order valence-electron chi connectivity index (χ3n) is 2.42. The molecule has 0 atom stereocenters. The second-order valence-corrected chi connectivity index (χ2v) is 4.84. The fourth-order valence-corrected chi connectivity index (χ4v) is 2.28. The number of methoxy groups -OCH3 is 2. The van der Waals surface area contributed by atoms with Crippen molar-refractivity contribution < 1.29 is 19.1 Å². The van der Waals surface area contributed by atoms with Crippen molar-refractivity contribution in [3.63, 3.8) is 0 Å². The van der Waals surface area contributed by atoms with Crippen LogP contribution in [0.4, 0.5) is 16.4 Å². The Bertz CT molecular complexity index is 703. The monoisotopic (exact) mass is 323 g/mol. The maximum absolute atomic E-state index is 11.9. The molecule has 2 amide bonds. The lowest BCUT2D eigenvalue weighted by atomic mass is 10.4. The summed E-state index contributed by atoms with van der Waals surface area (Å²) >= 11 is 1.16. The summed E-state index contributed by atoms with van der Waals surface area (Å²) in [5.74, 6) is -0.0902. The Morgan fingerprint density at radius 2 is 1.95 bits per heavy atom. The average molecular weight is 323 g/mol. The van der Waals surface area contributed by atoms with Crippen LogP contribution in [-0.2, 0) is 4.74 Å². The summed E-state index contributed by atoms with van der Waals surface area (Å²) in [5.41, 5.74) is 0.340. The maximum Gasteiger partial charge on any atom is 0.350 e. The topological polar surface area (TPSA) is 115 Å². The molecule has 0 unspecified atom stereocenters. The SMILES string of the molecule is COC(=O)c1sccc1NC(=O)Nc1nc(C)nc(OC)n1. The zero-order valence-electron chi connectivity index (χ0n) is 12.0. The van der Waals surface area contributed by atoms with E-state index in [0.717, 1.165) is 11.3 Å². The number of nitrogens with one attached hydrogen (secondary N) is 2. The minimum atomic E-state index is -0.601. The summed E-state index contributed by atoms with van der Waals surface area (Å²) in [4.78, 5) is 35.5. The van der Waals surface area contributed by atoms with E-state index in [2.05, 4.69) is 30.3 Å². The van der Waals surface area contributed by atoms with Crippen molar-refractivity contribution in [3.05, 3.63) is 22.1 Å². The number of hydrogen-bond acceptors (Lipinski definition) is 8. The maximum atomic E-state index is 11.9. The first-order chi connectivity index (χ1) is 10.5. The van der Waals surface area contributed by atoms with Crippen LogP contribution in [0.1, 0.15) is 15.5 Å². The van der Waals surface area contributed by atoms with E-state index >= 15 is 0 Å². The van der Waals surface area contributed by atoms with Crippen molar-refractivity contribution in [3.8, 4) is 6.01 Å². The highest BCUT2D eigenvalue weighted by molar-refractivity contribution is 7.12. The van der Waals surface area contributed by atoms with Crippen LogP contribution in [-0.4, -0.2) is 41.2 Å². The van der Waals surface area contributed by atoms with Gasteiger partial charge in [0.05, 0.1) is 19.9 Å².